The Morgan fingerprint density at radius 2 is 1.68 bits per heavy atom. The molecule has 0 heterocycles. The first-order valence-corrected chi connectivity index (χ1v) is 11.6. The Kier molecular flexibility index (Phi) is 4.75. The normalized spacial score (nSPS) is 39.6. The molecule has 4 aliphatic rings. The van der Waals surface area contributed by atoms with Crippen LogP contribution < -0.4 is 0 Å². The molecule has 4 aliphatic carbocycles. The highest BCUT2D eigenvalue weighted by atomic mass is 127. The largest absolute Gasteiger partial charge is 0.743 e. The van der Waals surface area contributed by atoms with Crippen LogP contribution in [0.3, 0.4) is 0 Å². The van der Waals surface area contributed by atoms with Gasteiger partial charge in [-0.15, -0.1) is 0 Å². The maximum Gasteiger partial charge on any atom is 0.367 e. The van der Waals surface area contributed by atoms with E-state index in [9.17, 15) is 34.6 Å². The fourth-order valence-corrected chi connectivity index (χ4v) is 9.39. The molecule has 0 amide bonds. The first kappa shape index (κ1) is 20.1. The third kappa shape index (κ3) is 3.34. The van der Waals surface area contributed by atoms with Crippen molar-refractivity contribution in [1.29, 1.82) is 0 Å². The summed E-state index contributed by atoms with van der Waals surface area (Å²) in [5, 5.41) is -5.24. The molecule has 25 heavy (non-hydrogen) atoms. The minimum atomic E-state index is -6.26. The maximum absolute atomic E-state index is 13.5. The van der Waals surface area contributed by atoms with Gasteiger partial charge in [-0.2, -0.15) is 17.2 Å². The molecule has 4 fully saturated rings. The van der Waals surface area contributed by atoms with Crippen LogP contribution in [0.2, 0.25) is 0 Å². The predicted molar refractivity (Wildman–Crippen MR) is 88.6 cm³/mol. The Morgan fingerprint density at radius 3 is 2.12 bits per heavy atom. The summed E-state index contributed by atoms with van der Waals surface area (Å²) in [7, 11) is -10.7. The van der Waals surface area contributed by atoms with Gasteiger partial charge in [-0.05, 0) is 50.4 Å². The Morgan fingerprint density at radius 1 is 1.16 bits per heavy atom. The first-order chi connectivity index (χ1) is 11.2. The lowest BCUT2D eigenvalue weighted by molar-refractivity contribution is -0.0238. The summed E-state index contributed by atoms with van der Waals surface area (Å²) in [6.07, 6.45) is 0.128. The van der Waals surface area contributed by atoms with Gasteiger partial charge in [0.15, 0.2) is 10.1 Å². The molecule has 0 aromatic rings. The zero-order chi connectivity index (χ0) is 18.9. The summed E-state index contributed by atoms with van der Waals surface area (Å²) in [4.78, 5) is 0. The van der Waals surface area contributed by atoms with Crippen molar-refractivity contribution in [3.05, 3.63) is 0 Å². The van der Waals surface area contributed by atoms with Crippen LogP contribution in [0.25, 0.3) is 0 Å². The summed E-state index contributed by atoms with van der Waals surface area (Å²) in [6.45, 7) is -1.69. The van der Waals surface area contributed by atoms with Crippen molar-refractivity contribution in [2.45, 2.75) is 58.1 Å². The van der Waals surface area contributed by atoms with E-state index in [1.54, 1.807) is 0 Å². The Labute approximate surface area is 157 Å². The van der Waals surface area contributed by atoms with Crippen molar-refractivity contribution in [1.82, 2.24) is 0 Å². The molecule has 0 aliphatic heterocycles. The topological polar surface area (TPSA) is 101 Å². The van der Waals surface area contributed by atoms with Gasteiger partial charge in [-0.3, -0.25) is 4.18 Å². The summed E-state index contributed by atoms with van der Waals surface area (Å²) in [6, 6.07) is 0. The lowest BCUT2D eigenvalue weighted by atomic mass is 9.56. The summed E-state index contributed by atoms with van der Waals surface area (Å²) in [5.74, 6) is 0.391. The minimum Gasteiger partial charge on any atom is -0.743 e. The Balaban J connectivity index is 1.77. The Bertz CT molecular complexity index is 755. The second kappa shape index (κ2) is 5.92. The molecule has 0 spiro atoms. The molecule has 3 atom stereocenters. The van der Waals surface area contributed by atoms with Crippen LogP contribution in [0.4, 0.5) is 13.2 Å². The van der Waals surface area contributed by atoms with Gasteiger partial charge in [0.05, 0.1) is 4.75 Å². The van der Waals surface area contributed by atoms with Crippen LogP contribution in [0.15, 0.2) is 0 Å². The van der Waals surface area contributed by atoms with E-state index in [-0.39, 0.29) is 15.3 Å². The zero-order valence-corrected chi connectivity index (χ0v) is 16.8. The van der Waals surface area contributed by atoms with Gasteiger partial charge in [-0.25, -0.2) is 12.8 Å². The van der Waals surface area contributed by atoms with Gasteiger partial charge >= 0.3 is 5.25 Å². The molecule has 6 nitrogen and oxygen atoms in total. The van der Waals surface area contributed by atoms with E-state index in [1.807, 2.05) is 0 Å². The minimum absolute atomic E-state index is 0.196. The molecule has 0 N–H and O–H groups in total. The van der Waals surface area contributed by atoms with E-state index < -0.39 is 43.0 Å². The standard InChI is InChI=1S/C13H18F3IO6S2/c14-10(13(15,16)24(18,19)20)6-23-25(21,22)12-4-8-1-9(5-12)3-11(17,2-8)7-12/h8-10H,1-7H2,(H,18,19,20)/p-1. The molecule has 0 aromatic carbocycles. The van der Waals surface area contributed by atoms with Crippen molar-refractivity contribution in [3.63, 3.8) is 0 Å². The zero-order valence-electron chi connectivity index (χ0n) is 13.0. The SMILES string of the molecule is O=S(=O)([O-])C(F)(F)C(F)COS(=O)(=O)C12CC3CC(CC(I)(C3)C1)C2. The molecule has 0 aromatic heterocycles. The second-order valence-electron chi connectivity index (χ2n) is 7.52. The number of halogens is 4. The van der Waals surface area contributed by atoms with Crippen LogP contribution in [0.5, 0.6) is 0 Å². The number of rotatable bonds is 6. The monoisotopic (exact) mass is 517 g/mol. The van der Waals surface area contributed by atoms with Crippen molar-refractivity contribution in [2.24, 2.45) is 11.8 Å². The van der Waals surface area contributed by atoms with Gasteiger partial charge in [-0.1, -0.05) is 22.6 Å². The van der Waals surface area contributed by atoms with Gasteiger partial charge in [0.25, 0.3) is 10.1 Å². The van der Waals surface area contributed by atoms with Gasteiger partial charge in [0.1, 0.15) is 6.61 Å². The fourth-order valence-electron chi connectivity index (χ4n) is 4.89. The highest BCUT2D eigenvalue weighted by Gasteiger charge is 2.63. The average Bonchev–Trinajstić information content (AvgIpc) is 2.40. The molecular formula is C13H17F3IO6S2-. The smallest absolute Gasteiger partial charge is 0.367 e. The van der Waals surface area contributed by atoms with Gasteiger partial charge in [0, 0.05) is 3.42 Å². The summed E-state index contributed by atoms with van der Waals surface area (Å²) >= 11 is 2.25. The van der Waals surface area contributed by atoms with Crippen molar-refractivity contribution < 1.29 is 38.7 Å². The van der Waals surface area contributed by atoms with Crippen LogP contribution in [0, 0.1) is 11.8 Å². The number of alkyl halides is 4. The lowest BCUT2D eigenvalue weighted by Gasteiger charge is -2.59. The maximum atomic E-state index is 13.5. The first-order valence-electron chi connectivity index (χ1n) is 7.75. The second-order valence-corrected chi connectivity index (χ2v) is 13.3. The highest BCUT2D eigenvalue weighted by molar-refractivity contribution is 14.1. The number of hydrogen-bond donors (Lipinski definition) is 0. The Hall–Kier alpha value is 0.340. The van der Waals surface area contributed by atoms with Gasteiger partial charge in [0.2, 0.25) is 6.17 Å². The summed E-state index contributed by atoms with van der Waals surface area (Å²) < 4.78 is 99.5. The average molecular weight is 517 g/mol. The molecule has 3 unspecified atom stereocenters. The quantitative estimate of drug-likeness (QED) is 0.232. The van der Waals surface area contributed by atoms with E-state index in [0.717, 1.165) is 19.3 Å². The molecule has 12 heteroatoms. The highest BCUT2D eigenvalue weighted by Crippen LogP contribution is 2.63. The van der Waals surface area contributed by atoms with E-state index in [2.05, 4.69) is 26.8 Å². The molecule has 146 valence electrons. The number of hydrogen-bond acceptors (Lipinski definition) is 6. The van der Waals surface area contributed by atoms with E-state index in [1.165, 1.54) is 0 Å². The van der Waals surface area contributed by atoms with Crippen LogP contribution in [-0.2, 0) is 24.4 Å². The molecular weight excluding hydrogens is 500 g/mol. The molecule has 4 rings (SSSR count). The molecule has 0 saturated heterocycles. The van der Waals surface area contributed by atoms with E-state index in [4.69, 9.17) is 0 Å². The van der Waals surface area contributed by atoms with E-state index in [0.29, 0.717) is 19.3 Å². The molecule has 4 saturated carbocycles. The van der Waals surface area contributed by atoms with Crippen LogP contribution >= 0.6 is 22.6 Å². The molecule has 0 radical (unpaired) electrons. The lowest BCUT2D eigenvalue weighted by Crippen LogP contribution is -2.60. The third-order valence-corrected chi connectivity index (χ3v) is 9.70. The third-order valence-electron chi connectivity index (χ3n) is 5.53. The summed E-state index contributed by atoms with van der Waals surface area (Å²) in [5.41, 5.74) is 0. The van der Waals surface area contributed by atoms with E-state index >= 15 is 0 Å². The van der Waals surface area contributed by atoms with Crippen molar-refractivity contribution in [3.8, 4) is 0 Å². The van der Waals surface area contributed by atoms with Crippen LogP contribution in [0.1, 0.15) is 38.5 Å². The van der Waals surface area contributed by atoms with Gasteiger partial charge < -0.3 is 4.55 Å². The predicted octanol–water partition coefficient (Wildman–Crippen LogP) is 2.34. The fraction of sp³-hybridized carbons (Fsp3) is 1.00. The van der Waals surface area contributed by atoms with Crippen molar-refractivity contribution in [2.75, 3.05) is 6.61 Å². The van der Waals surface area contributed by atoms with Crippen molar-refractivity contribution >= 4 is 42.8 Å². The molecule has 4 bridgehead atoms. The van der Waals surface area contributed by atoms with Crippen LogP contribution in [-0.4, -0.2) is 47.6 Å².